The Hall–Kier alpha value is -1.22. The van der Waals surface area contributed by atoms with Crippen LogP contribution in [0.5, 0.6) is 5.75 Å². The molecule has 2 N–H and O–H groups in total. The molecule has 0 saturated carbocycles. The molecule has 1 heterocycles. The third-order valence-corrected chi connectivity index (χ3v) is 2.67. The Kier molecular flexibility index (Phi) is 2.11. The second-order valence-corrected chi connectivity index (χ2v) is 4.16. The molecule has 1 saturated heterocycles. The minimum absolute atomic E-state index is 0.283. The second kappa shape index (κ2) is 3.17. The van der Waals surface area contributed by atoms with Crippen LogP contribution < -0.4 is 4.90 Å². The second-order valence-electron chi connectivity index (χ2n) is 4.16. The van der Waals surface area contributed by atoms with Gasteiger partial charge in [-0.25, -0.2) is 0 Å². The smallest absolute Gasteiger partial charge is 0.138 e. The topological polar surface area (TPSA) is 43.7 Å². The van der Waals surface area contributed by atoms with E-state index in [2.05, 4.69) is 0 Å². The largest absolute Gasteiger partial charge is 0.506 e. The van der Waals surface area contributed by atoms with E-state index >= 15 is 0 Å². The highest BCUT2D eigenvalue weighted by Gasteiger charge is 2.32. The molecular weight excluding hydrogens is 178 g/mol. The van der Waals surface area contributed by atoms with Gasteiger partial charge in [0.2, 0.25) is 0 Å². The molecule has 0 radical (unpaired) electrons. The van der Waals surface area contributed by atoms with E-state index in [4.69, 9.17) is 0 Å². The summed E-state index contributed by atoms with van der Waals surface area (Å²) in [5.41, 5.74) is 0.188. The van der Waals surface area contributed by atoms with Crippen molar-refractivity contribution in [2.24, 2.45) is 0 Å². The Morgan fingerprint density at radius 2 is 2.07 bits per heavy atom. The summed E-state index contributed by atoms with van der Waals surface area (Å²) in [5.74, 6) is 0.283. The van der Waals surface area contributed by atoms with Gasteiger partial charge in [-0.3, -0.25) is 0 Å². The normalized spacial score (nSPS) is 26.9. The van der Waals surface area contributed by atoms with Crippen LogP contribution in [0.25, 0.3) is 0 Å². The first-order valence-electron chi connectivity index (χ1n) is 4.84. The number of aromatic hydroxyl groups is 1. The maximum atomic E-state index is 9.79. The van der Waals surface area contributed by atoms with Crippen molar-refractivity contribution in [3.05, 3.63) is 24.3 Å². The molecule has 0 bridgehead atoms. The summed E-state index contributed by atoms with van der Waals surface area (Å²) in [4.78, 5) is 2.01. The quantitative estimate of drug-likeness (QED) is 0.707. The monoisotopic (exact) mass is 193 g/mol. The molecule has 0 aromatic heterocycles. The number of β-amino-alcohol motifs (C(OH)–C–C–N with tert-alkyl or cyclic N) is 1. The predicted octanol–water partition coefficient (Wildman–Crippen LogP) is 1.35. The Labute approximate surface area is 83.6 Å². The van der Waals surface area contributed by atoms with Crippen LogP contribution in [0.2, 0.25) is 0 Å². The van der Waals surface area contributed by atoms with E-state index < -0.39 is 5.60 Å². The number of anilines is 1. The maximum Gasteiger partial charge on any atom is 0.138 e. The zero-order valence-electron chi connectivity index (χ0n) is 8.27. The minimum Gasteiger partial charge on any atom is -0.506 e. The fraction of sp³-hybridized carbons (Fsp3) is 0.455. The molecule has 0 spiro atoms. The van der Waals surface area contributed by atoms with E-state index in [0.29, 0.717) is 6.54 Å². The van der Waals surface area contributed by atoms with Crippen molar-refractivity contribution in [2.75, 3.05) is 18.0 Å². The van der Waals surface area contributed by atoms with Gasteiger partial charge in [-0.2, -0.15) is 0 Å². The van der Waals surface area contributed by atoms with Crippen molar-refractivity contribution >= 4 is 5.69 Å². The Morgan fingerprint density at radius 3 is 2.64 bits per heavy atom. The highest BCUT2D eigenvalue weighted by Crippen LogP contribution is 2.32. The van der Waals surface area contributed by atoms with Crippen LogP contribution in [0.15, 0.2) is 24.3 Å². The summed E-state index contributed by atoms with van der Waals surface area (Å²) >= 11 is 0. The van der Waals surface area contributed by atoms with Crippen molar-refractivity contribution in [2.45, 2.75) is 18.9 Å². The van der Waals surface area contributed by atoms with E-state index in [-0.39, 0.29) is 5.75 Å². The van der Waals surface area contributed by atoms with Crippen molar-refractivity contribution in [1.29, 1.82) is 0 Å². The van der Waals surface area contributed by atoms with E-state index in [1.807, 2.05) is 24.0 Å². The molecule has 76 valence electrons. The third kappa shape index (κ3) is 1.68. The average Bonchev–Trinajstić information content (AvgIpc) is 2.47. The van der Waals surface area contributed by atoms with Crippen molar-refractivity contribution in [3.8, 4) is 5.75 Å². The van der Waals surface area contributed by atoms with Gasteiger partial charge in [0, 0.05) is 13.1 Å². The zero-order chi connectivity index (χ0) is 10.2. The molecular formula is C11H15NO2. The minimum atomic E-state index is -0.623. The van der Waals surface area contributed by atoms with Crippen LogP contribution >= 0.6 is 0 Å². The molecule has 0 amide bonds. The van der Waals surface area contributed by atoms with Crippen LogP contribution in [-0.4, -0.2) is 28.9 Å². The van der Waals surface area contributed by atoms with Gasteiger partial charge in [0.1, 0.15) is 5.75 Å². The third-order valence-electron chi connectivity index (χ3n) is 2.67. The number of benzene rings is 1. The standard InChI is InChI=1S/C11H15NO2/c1-11(14)6-7-12(8-11)9-4-2-3-5-10(9)13/h2-5,13-14H,6-8H2,1H3. The molecule has 1 aromatic rings. The van der Waals surface area contributed by atoms with Gasteiger partial charge in [-0.1, -0.05) is 12.1 Å². The lowest BCUT2D eigenvalue weighted by Crippen LogP contribution is -2.29. The van der Waals surface area contributed by atoms with Crippen LogP contribution in [0.4, 0.5) is 5.69 Å². The maximum absolute atomic E-state index is 9.79. The summed E-state index contributed by atoms with van der Waals surface area (Å²) in [6, 6.07) is 7.23. The first-order valence-corrected chi connectivity index (χ1v) is 4.84. The van der Waals surface area contributed by atoms with Crippen molar-refractivity contribution in [1.82, 2.24) is 0 Å². The lowest BCUT2D eigenvalue weighted by molar-refractivity contribution is 0.0839. The summed E-state index contributed by atoms with van der Waals surface area (Å²) < 4.78 is 0. The highest BCUT2D eigenvalue weighted by molar-refractivity contribution is 5.58. The van der Waals surface area contributed by atoms with E-state index in [1.165, 1.54) is 0 Å². The number of aliphatic hydroxyl groups is 1. The van der Waals surface area contributed by atoms with Gasteiger partial charge in [0.05, 0.1) is 11.3 Å². The molecule has 0 aliphatic carbocycles. The molecule has 14 heavy (non-hydrogen) atoms. The Balaban J connectivity index is 2.22. The number of hydrogen-bond donors (Lipinski definition) is 2. The summed E-state index contributed by atoms with van der Waals surface area (Å²) in [6.45, 7) is 3.21. The molecule has 3 heteroatoms. The fourth-order valence-corrected chi connectivity index (χ4v) is 1.88. The van der Waals surface area contributed by atoms with Gasteiger partial charge in [-0.05, 0) is 25.5 Å². The van der Waals surface area contributed by atoms with Crippen LogP contribution in [0.1, 0.15) is 13.3 Å². The first kappa shape index (κ1) is 9.34. The number of nitrogens with zero attached hydrogens (tertiary/aromatic N) is 1. The lowest BCUT2D eigenvalue weighted by atomic mass is 10.1. The highest BCUT2D eigenvalue weighted by atomic mass is 16.3. The molecule has 1 unspecified atom stereocenters. The first-order chi connectivity index (χ1) is 6.58. The molecule has 1 aliphatic rings. The number of phenols is 1. The van der Waals surface area contributed by atoms with E-state index in [0.717, 1.165) is 18.7 Å². The van der Waals surface area contributed by atoms with Crippen molar-refractivity contribution < 1.29 is 10.2 Å². The summed E-state index contributed by atoms with van der Waals surface area (Å²) in [5, 5.41) is 19.4. The Morgan fingerprint density at radius 1 is 1.36 bits per heavy atom. The molecule has 1 aromatic carbocycles. The molecule has 1 atom stereocenters. The zero-order valence-corrected chi connectivity index (χ0v) is 8.27. The van der Waals surface area contributed by atoms with Gasteiger partial charge in [0.25, 0.3) is 0 Å². The molecule has 2 rings (SSSR count). The van der Waals surface area contributed by atoms with Gasteiger partial charge < -0.3 is 15.1 Å². The van der Waals surface area contributed by atoms with Crippen molar-refractivity contribution in [3.63, 3.8) is 0 Å². The lowest BCUT2D eigenvalue weighted by Gasteiger charge is -2.21. The van der Waals surface area contributed by atoms with Crippen LogP contribution in [0, 0.1) is 0 Å². The van der Waals surface area contributed by atoms with E-state index in [1.54, 1.807) is 12.1 Å². The van der Waals surface area contributed by atoms with Crippen LogP contribution in [0.3, 0.4) is 0 Å². The number of para-hydroxylation sites is 2. The SMILES string of the molecule is CC1(O)CCN(c2ccccc2O)C1. The van der Waals surface area contributed by atoms with E-state index in [9.17, 15) is 10.2 Å². The Bertz CT molecular complexity index is 336. The molecule has 1 fully saturated rings. The van der Waals surface area contributed by atoms with Gasteiger partial charge in [-0.15, -0.1) is 0 Å². The molecule has 1 aliphatic heterocycles. The summed E-state index contributed by atoms with van der Waals surface area (Å²) in [7, 11) is 0. The number of phenolic OH excluding ortho intramolecular Hbond substituents is 1. The average molecular weight is 193 g/mol. The number of hydrogen-bond acceptors (Lipinski definition) is 3. The number of rotatable bonds is 1. The van der Waals surface area contributed by atoms with Gasteiger partial charge in [0.15, 0.2) is 0 Å². The van der Waals surface area contributed by atoms with Gasteiger partial charge >= 0.3 is 0 Å². The fourth-order valence-electron chi connectivity index (χ4n) is 1.88. The molecule has 3 nitrogen and oxygen atoms in total. The predicted molar refractivity (Wildman–Crippen MR) is 55.6 cm³/mol. The summed E-state index contributed by atoms with van der Waals surface area (Å²) in [6.07, 6.45) is 0.751. The van der Waals surface area contributed by atoms with Crippen LogP contribution in [-0.2, 0) is 0 Å².